The number of fused-ring (bicyclic) bond motifs is 1. The van der Waals surface area contributed by atoms with Gasteiger partial charge in [0, 0.05) is 24.5 Å². The van der Waals surface area contributed by atoms with Gasteiger partial charge in [-0.25, -0.2) is 4.98 Å². The third kappa shape index (κ3) is 3.64. The van der Waals surface area contributed by atoms with Gasteiger partial charge in [0.05, 0.1) is 23.4 Å². The molecule has 6 heteroatoms. The van der Waals surface area contributed by atoms with Crippen molar-refractivity contribution in [2.45, 2.75) is 25.8 Å². The van der Waals surface area contributed by atoms with Crippen molar-refractivity contribution in [3.05, 3.63) is 91.2 Å². The Kier molecular flexibility index (Phi) is 5.19. The summed E-state index contributed by atoms with van der Waals surface area (Å²) in [5.74, 6) is 2.37. The quantitative estimate of drug-likeness (QED) is 0.406. The molecule has 0 aliphatic carbocycles. The summed E-state index contributed by atoms with van der Waals surface area (Å²) in [5.41, 5.74) is 3.87. The van der Waals surface area contributed by atoms with Crippen LogP contribution in [0.1, 0.15) is 30.3 Å². The van der Waals surface area contributed by atoms with Crippen molar-refractivity contribution in [3.63, 3.8) is 0 Å². The predicted octanol–water partition coefficient (Wildman–Crippen LogP) is 5.35. The van der Waals surface area contributed by atoms with E-state index in [-0.39, 0.29) is 11.9 Å². The molecule has 4 aromatic rings. The smallest absolute Gasteiger partial charge is 0.246 e. The number of carbonyl (C=O) groups excluding carboxylic acids is 1. The van der Waals surface area contributed by atoms with E-state index in [1.165, 1.54) is 6.08 Å². The molecular formula is C26H24N4O2. The Morgan fingerprint density at radius 1 is 1.19 bits per heavy atom. The summed E-state index contributed by atoms with van der Waals surface area (Å²) in [7, 11) is 0. The van der Waals surface area contributed by atoms with Gasteiger partial charge in [0.2, 0.25) is 5.91 Å². The zero-order valence-electron chi connectivity index (χ0n) is 17.9. The number of aromatic nitrogens is 3. The van der Waals surface area contributed by atoms with Gasteiger partial charge in [-0.05, 0) is 67.8 Å². The van der Waals surface area contributed by atoms with Gasteiger partial charge in [-0.3, -0.25) is 14.2 Å². The normalized spacial score (nSPS) is 15.8. The minimum Gasteiger partial charge on any atom is -0.457 e. The third-order valence-corrected chi connectivity index (χ3v) is 5.84. The molecule has 6 nitrogen and oxygen atoms in total. The molecule has 5 rings (SSSR count). The Hall–Kier alpha value is -3.93. The van der Waals surface area contributed by atoms with Gasteiger partial charge in [0.15, 0.2) is 0 Å². The van der Waals surface area contributed by atoms with Crippen LogP contribution in [0.2, 0.25) is 0 Å². The van der Waals surface area contributed by atoms with Crippen LogP contribution < -0.4 is 4.74 Å². The van der Waals surface area contributed by atoms with Crippen molar-refractivity contribution in [3.8, 4) is 22.8 Å². The van der Waals surface area contributed by atoms with E-state index in [1.807, 2.05) is 77.1 Å². The van der Waals surface area contributed by atoms with Crippen LogP contribution in [0.5, 0.6) is 11.5 Å². The minimum absolute atomic E-state index is 0.0579. The Morgan fingerprint density at radius 2 is 2.03 bits per heavy atom. The van der Waals surface area contributed by atoms with Crippen molar-refractivity contribution < 1.29 is 9.53 Å². The molecule has 1 unspecified atom stereocenters. The number of nitrogens with zero attached hydrogens (tertiary/aromatic N) is 4. The van der Waals surface area contributed by atoms with E-state index >= 15 is 0 Å². The molecule has 2 aromatic carbocycles. The topological polar surface area (TPSA) is 59.7 Å². The van der Waals surface area contributed by atoms with Gasteiger partial charge in [-0.15, -0.1) is 0 Å². The van der Waals surface area contributed by atoms with Crippen molar-refractivity contribution >= 4 is 11.4 Å². The number of likely N-dealkylation sites (tertiary alicyclic amines) is 1. The Labute approximate surface area is 186 Å². The number of hydrogen-bond donors (Lipinski definition) is 0. The lowest BCUT2D eigenvalue weighted by Crippen LogP contribution is -2.29. The number of amides is 1. The highest BCUT2D eigenvalue weighted by Crippen LogP contribution is 2.35. The molecular weight excluding hydrogens is 400 g/mol. The van der Waals surface area contributed by atoms with Crippen LogP contribution in [0.25, 0.3) is 16.8 Å². The summed E-state index contributed by atoms with van der Waals surface area (Å²) < 4.78 is 8.03. The summed E-state index contributed by atoms with van der Waals surface area (Å²) in [6, 6.07) is 15.8. The summed E-state index contributed by atoms with van der Waals surface area (Å²) in [5, 5.41) is 0. The molecule has 0 spiro atoms. The number of aryl methyl sites for hydroxylation is 1. The van der Waals surface area contributed by atoms with Gasteiger partial charge < -0.3 is 9.64 Å². The first-order valence-corrected chi connectivity index (χ1v) is 10.7. The lowest BCUT2D eigenvalue weighted by molar-refractivity contribution is -0.127. The number of hydrogen-bond acceptors (Lipinski definition) is 4. The first-order chi connectivity index (χ1) is 15.6. The Balaban J connectivity index is 1.50. The SMILES string of the molecule is C=CC(=O)N1CCCC1c1nc(-c2ccc(Oc3cccc(C)c3)cc2)c2cnccn12. The fourth-order valence-electron chi connectivity index (χ4n) is 4.32. The van der Waals surface area contributed by atoms with E-state index in [4.69, 9.17) is 9.72 Å². The lowest BCUT2D eigenvalue weighted by atomic mass is 10.1. The van der Waals surface area contributed by atoms with Crippen LogP contribution in [0.15, 0.2) is 79.8 Å². The first-order valence-electron chi connectivity index (χ1n) is 10.7. The predicted molar refractivity (Wildman–Crippen MR) is 124 cm³/mol. The summed E-state index contributed by atoms with van der Waals surface area (Å²) in [4.78, 5) is 23.5. The molecule has 2 aromatic heterocycles. The van der Waals surface area contributed by atoms with Crippen LogP contribution in [-0.4, -0.2) is 31.7 Å². The van der Waals surface area contributed by atoms with E-state index in [9.17, 15) is 4.79 Å². The zero-order valence-corrected chi connectivity index (χ0v) is 17.9. The highest BCUT2D eigenvalue weighted by atomic mass is 16.5. The van der Waals surface area contributed by atoms with Crippen LogP contribution in [0.4, 0.5) is 0 Å². The van der Waals surface area contributed by atoms with Crippen LogP contribution in [-0.2, 0) is 4.79 Å². The van der Waals surface area contributed by atoms with Gasteiger partial charge in [-0.1, -0.05) is 18.7 Å². The summed E-state index contributed by atoms with van der Waals surface area (Å²) in [6.07, 6.45) is 8.68. The average Bonchev–Trinajstić information content (AvgIpc) is 3.44. The van der Waals surface area contributed by atoms with Crippen molar-refractivity contribution in [1.29, 1.82) is 0 Å². The molecule has 1 aliphatic heterocycles. The van der Waals surface area contributed by atoms with Gasteiger partial charge in [-0.2, -0.15) is 0 Å². The summed E-state index contributed by atoms with van der Waals surface area (Å²) >= 11 is 0. The van der Waals surface area contributed by atoms with Gasteiger partial charge in [0.1, 0.15) is 17.3 Å². The lowest BCUT2D eigenvalue weighted by Gasteiger charge is -2.22. The fraction of sp³-hybridized carbons (Fsp3) is 0.192. The number of ether oxygens (including phenoxy) is 1. The van der Waals surface area contributed by atoms with Crippen LogP contribution in [0, 0.1) is 6.92 Å². The molecule has 1 fully saturated rings. The van der Waals surface area contributed by atoms with E-state index < -0.39 is 0 Å². The standard InChI is InChI=1S/C26H24N4O2/c1-3-24(31)29-14-5-8-22(29)26-28-25(23-17-27-13-15-30(23)26)19-9-11-20(12-10-19)32-21-7-4-6-18(2)16-21/h3-4,6-7,9-13,15-17,22H,1,5,8,14H2,2H3. The van der Waals surface area contributed by atoms with Crippen molar-refractivity contribution in [2.24, 2.45) is 0 Å². The number of imidazole rings is 1. The Bertz CT molecular complexity index is 1290. The largest absolute Gasteiger partial charge is 0.457 e. The molecule has 1 aliphatic rings. The first kappa shape index (κ1) is 20.0. The maximum absolute atomic E-state index is 12.4. The molecule has 3 heterocycles. The molecule has 1 amide bonds. The summed E-state index contributed by atoms with van der Waals surface area (Å²) in [6.45, 7) is 6.41. The van der Waals surface area contributed by atoms with Gasteiger partial charge in [0.25, 0.3) is 0 Å². The highest BCUT2D eigenvalue weighted by Gasteiger charge is 2.32. The molecule has 0 radical (unpaired) electrons. The fourth-order valence-corrected chi connectivity index (χ4v) is 4.32. The molecule has 1 atom stereocenters. The van der Waals surface area contributed by atoms with E-state index in [1.54, 1.807) is 6.20 Å². The molecule has 160 valence electrons. The van der Waals surface area contributed by atoms with Gasteiger partial charge >= 0.3 is 0 Å². The van der Waals surface area contributed by atoms with E-state index in [2.05, 4.69) is 11.6 Å². The third-order valence-electron chi connectivity index (χ3n) is 5.84. The second kappa shape index (κ2) is 8.30. The highest BCUT2D eigenvalue weighted by molar-refractivity contribution is 5.87. The van der Waals surface area contributed by atoms with Crippen molar-refractivity contribution in [1.82, 2.24) is 19.3 Å². The molecule has 0 saturated carbocycles. The monoisotopic (exact) mass is 424 g/mol. The van der Waals surface area contributed by atoms with E-state index in [0.717, 1.165) is 59.0 Å². The molecule has 1 saturated heterocycles. The minimum atomic E-state index is -0.0759. The number of benzene rings is 2. The number of rotatable bonds is 5. The van der Waals surface area contributed by atoms with Crippen molar-refractivity contribution in [2.75, 3.05) is 6.54 Å². The number of carbonyl (C=O) groups is 1. The second-order valence-electron chi connectivity index (χ2n) is 7.99. The molecule has 0 N–H and O–H groups in total. The Morgan fingerprint density at radius 3 is 2.81 bits per heavy atom. The van der Waals surface area contributed by atoms with Crippen LogP contribution in [0.3, 0.4) is 0 Å². The maximum Gasteiger partial charge on any atom is 0.246 e. The van der Waals surface area contributed by atoms with E-state index in [0.29, 0.717) is 0 Å². The zero-order chi connectivity index (χ0) is 22.1. The maximum atomic E-state index is 12.4. The van der Waals surface area contributed by atoms with Crippen LogP contribution >= 0.6 is 0 Å². The average molecular weight is 425 g/mol. The second-order valence-corrected chi connectivity index (χ2v) is 7.99. The molecule has 0 bridgehead atoms. The molecule has 32 heavy (non-hydrogen) atoms.